The van der Waals surface area contributed by atoms with Gasteiger partial charge in [0.25, 0.3) is 0 Å². The van der Waals surface area contributed by atoms with E-state index in [0.717, 1.165) is 18.0 Å². The van der Waals surface area contributed by atoms with Gasteiger partial charge >= 0.3 is 0 Å². The molecule has 1 aromatic rings. The monoisotopic (exact) mass is 236 g/mol. The number of rotatable bonds is 6. The molecular formula is C14H24N2O. The predicted octanol–water partition coefficient (Wildman–Crippen LogP) is 2.83. The second kappa shape index (κ2) is 6.50. The largest absolute Gasteiger partial charge is 0.495 e. The van der Waals surface area contributed by atoms with Gasteiger partial charge in [-0.05, 0) is 36.1 Å². The van der Waals surface area contributed by atoms with Crippen molar-refractivity contribution < 1.29 is 4.74 Å². The summed E-state index contributed by atoms with van der Waals surface area (Å²) in [6, 6.07) is 6.29. The van der Waals surface area contributed by atoms with Crippen molar-refractivity contribution in [2.75, 3.05) is 25.5 Å². The topological polar surface area (TPSA) is 47.3 Å². The maximum Gasteiger partial charge on any atom is 0.141 e. The second-order valence-electron chi connectivity index (χ2n) is 4.84. The molecule has 1 atom stereocenters. The molecular weight excluding hydrogens is 212 g/mol. The molecule has 0 aliphatic carbocycles. The molecule has 1 aromatic carbocycles. The summed E-state index contributed by atoms with van der Waals surface area (Å²) in [7, 11) is 1.70. The fourth-order valence-corrected chi connectivity index (χ4v) is 1.59. The average Bonchev–Trinajstić information content (AvgIpc) is 2.35. The molecule has 0 saturated carbocycles. The first-order chi connectivity index (χ1) is 8.08. The molecule has 17 heavy (non-hydrogen) atoms. The number of nitrogens with two attached hydrogens (primary N) is 1. The van der Waals surface area contributed by atoms with E-state index in [0.29, 0.717) is 18.4 Å². The summed E-state index contributed by atoms with van der Waals surface area (Å²) in [5.74, 6) is 1.87. The lowest BCUT2D eigenvalue weighted by Crippen LogP contribution is -2.20. The third kappa shape index (κ3) is 3.93. The normalized spacial score (nSPS) is 12.6. The Labute approximate surface area is 104 Å². The van der Waals surface area contributed by atoms with Gasteiger partial charge in [0.1, 0.15) is 5.75 Å². The van der Waals surface area contributed by atoms with Gasteiger partial charge in [-0.1, -0.05) is 26.8 Å². The molecule has 0 amide bonds. The molecule has 3 heteroatoms. The minimum atomic E-state index is 0.461. The Kier molecular flexibility index (Phi) is 5.29. The standard InChI is InChI=1S/C14H24N2O/c1-10(2)12-5-6-14(17-4)13(7-12)16-9-11(3)8-15/h5-7,10-11,16H,8-9,15H2,1-4H3. The van der Waals surface area contributed by atoms with Crippen molar-refractivity contribution in [3.63, 3.8) is 0 Å². The summed E-state index contributed by atoms with van der Waals surface area (Å²) in [4.78, 5) is 0. The van der Waals surface area contributed by atoms with Crippen LogP contribution in [-0.2, 0) is 0 Å². The quantitative estimate of drug-likeness (QED) is 0.798. The highest BCUT2D eigenvalue weighted by atomic mass is 16.5. The van der Waals surface area contributed by atoms with Crippen LogP contribution in [-0.4, -0.2) is 20.2 Å². The highest BCUT2D eigenvalue weighted by Crippen LogP contribution is 2.28. The lowest BCUT2D eigenvalue weighted by Gasteiger charge is -2.16. The minimum absolute atomic E-state index is 0.461. The van der Waals surface area contributed by atoms with Crippen LogP contribution in [0.15, 0.2) is 18.2 Å². The molecule has 1 rings (SSSR count). The van der Waals surface area contributed by atoms with Gasteiger partial charge in [0.15, 0.2) is 0 Å². The molecule has 0 aromatic heterocycles. The van der Waals surface area contributed by atoms with Crippen LogP contribution in [0.1, 0.15) is 32.3 Å². The zero-order valence-corrected chi connectivity index (χ0v) is 11.3. The molecule has 0 saturated heterocycles. The van der Waals surface area contributed by atoms with E-state index in [1.807, 2.05) is 6.07 Å². The summed E-state index contributed by atoms with van der Waals surface area (Å²) < 4.78 is 5.35. The summed E-state index contributed by atoms with van der Waals surface area (Å²) in [6.45, 7) is 8.07. The van der Waals surface area contributed by atoms with Gasteiger partial charge in [0.05, 0.1) is 12.8 Å². The van der Waals surface area contributed by atoms with Gasteiger partial charge in [-0.25, -0.2) is 0 Å². The predicted molar refractivity (Wildman–Crippen MR) is 73.8 cm³/mol. The first-order valence-electron chi connectivity index (χ1n) is 6.20. The highest BCUT2D eigenvalue weighted by molar-refractivity contribution is 5.58. The van der Waals surface area contributed by atoms with Crippen LogP contribution in [0.3, 0.4) is 0 Å². The van der Waals surface area contributed by atoms with Gasteiger partial charge in [0.2, 0.25) is 0 Å². The molecule has 96 valence electrons. The number of benzene rings is 1. The average molecular weight is 236 g/mol. The minimum Gasteiger partial charge on any atom is -0.495 e. The van der Waals surface area contributed by atoms with Crippen LogP contribution in [0.5, 0.6) is 5.75 Å². The van der Waals surface area contributed by atoms with E-state index in [9.17, 15) is 0 Å². The van der Waals surface area contributed by atoms with Crippen LogP contribution in [0, 0.1) is 5.92 Å². The van der Waals surface area contributed by atoms with Crippen molar-refractivity contribution in [3.8, 4) is 5.75 Å². The van der Waals surface area contributed by atoms with Gasteiger partial charge in [-0.3, -0.25) is 0 Å². The molecule has 0 heterocycles. The van der Waals surface area contributed by atoms with E-state index in [4.69, 9.17) is 10.5 Å². The molecule has 0 bridgehead atoms. The fourth-order valence-electron chi connectivity index (χ4n) is 1.59. The smallest absolute Gasteiger partial charge is 0.141 e. The van der Waals surface area contributed by atoms with Crippen molar-refractivity contribution in [1.29, 1.82) is 0 Å². The molecule has 0 fully saturated rings. The van der Waals surface area contributed by atoms with Crippen molar-refractivity contribution in [3.05, 3.63) is 23.8 Å². The van der Waals surface area contributed by atoms with Gasteiger partial charge < -0.3 is 15.8 Å². The van der Waals surface area contributed by atoms with E-state index in [1.165, 1.54) is 5.56 Å². The number of nitrogens with one attached hydrogen (secondary N) is 1. The van der Waals surface area contributed by atoms with E-state index < -0.39 is 0 Å². The van der Waals surface area contributed by atoms with Crippen molar-refractivity contribution in [2.24, 2.45) is 11.7 Å². The van der Waals surface area contributed by atoms with Crippen LogP contribution in [0.2, 0.25) is 0 Å². The van der Waals surface area contributed by atoms with Gasteiger partial charge in [0, 0.05) is 6.54 Å². The molecule has 0 radical (unpaired) electrons. The fraction of sp³-hybridized carbons (Fsp3) is 0.571. The van der Waals surface area contributed by atoms with Crippen molar-refractivity contribution >= 4 is 5.69 Å². The van der Waals surface area contributed by atoms with E-state index in [2.05, 4.69) is 38.2 Å². The van der Waals surface area contributed by atoms with Gasteiger partial charge in [-0.15, -0.1) is 0 Å². The maximum absolute atomic E-state index is 5.61. The lowest BCUT2D eigenvalue weighted by molar-refractivity contribution is 0.416. The molecule has 0 aliphatic heterocycles. The molecule has 3 nitrogen and oxygen atoms in total. The third-order valence-electron chi connectivity index (χ3n) is 2.93. The molecule has 0 aliphatic rings. The molecule has 1 unspecified atom stereocenters. The Bertz CT molecular complexity index is 350. The summed E-state index contributed by atoms with van der Waals surface area (Å²) in [5, 5.41) is 3.41. The molecule has 3 N–H and O–H groups in total. The van der Waals surface area contributed by atoms with Crippen LogP contribution >= 0.6 is 0 Å². The second-order valence-corrected chi connectivity index (χ2v) is 4.84. The summed E-state index contributed by atoms with van der Waals surface area (Å²) in [6.07, 6.45) is 0. The Balaban J connectivity index is 2.82. The number of hydrogen-bond acceptors (Lipinski definition) is 3. The van der Waals surface area contributed by atoms with E-state index in [-0.39, 0.29) is 0 Å². The zero-order valence-electron chi connectivity index (χ0n) is 11.3. The summed E-state index contributed by atoms with van der Waals surface area (Å²) >= 11 is 0. The number of anilines is 1. The first kappa shape index (κ1) is 13.8. The molecule has 0 spiro atoms. The van der Waals surface area contributed by atoms with Crippen LogP contribution in [0.25, 0.3) is 0 Å². The van der Waals surface area contributed by atoms with Crippen molar-refractivity contribution in [1.82, 2.24) is 0 Å². The van der Waals surface area contributed by atoms with E-state index in [1.54, 1.807) is 7.11 Å². The maximum atomic E-state index is 5.61. The lowest BCUT2D eigenvalue weighted by atomic mass is 10.0. The Morgan fingerprint density at radius 1 is 1.29 bits per heavy atom. The first-order valence-corrected chi connectivity index (χ1v) is 6.20. The van der Waals surface area contributed by atoms with E-state index >= 15 is 0 Å². The van der Waals surface area contributed by atoms with Crippen LogP contribution < -0.4 is 15.8 Å². The third-order valence-corrected chi connectivity index (χ3v) is 2.93. The van der Waals surface area contributed by atoms with Crippen LogP contribution in [0.4, 0.5) is 5.69 Å². The number of ether oxygens (including phenoxy) is 1. The Hall–Kier alpha value is -1.22. The Morgan fingerprint density at radius 2 is 2.00 bits per heavy atom. The number of hydrogen-bond donors (Lipinski definition) is 2. The zero-order chi connectivity index (χ0) is 12.8. The van der Waals surface area contributed by atoms with Gasteiger partial charge in [-0.2, -0.15) is 0 Å². The summed E-state index contributed by atoms with van der Waals surface area (Å²) in [5.41, 5.74) is 7.98. The highest BCUT2D eigenvalue weighted by Gasteiger charge is 2.07. The number of methoxy groups -OCH3 is 1. The SMILES string of the molecule is COc1ccc(C(C)C)cc1NCC(C)CN. The van der Waals surface area contributed by atoms with Crippen molar-refractivity contribution in [2.45, 2.75) is 26.7 Å². The Morgan fingerprint density at radius 3 is 2.53 bits per heavy atom.